The third-order valence-corrected chi connectivity index (χ3v) is 4.74. The lowest BCUT2D eigenvalue weighted by Crippen LogP contribution is -2.26. The zero-order valence-electron chi connectivity index (χ0n) is 12.2. The van der Waals surface area contributed by atoms with Crippen LogP contribution in [0.3, 0.4) is 0 Å². The van der Waals surface area contributed by atoms with Crippen molar-refractivity contribution in [3.05, 3.63) is 62.5 Å². The molecule has 1 fully saturated rings. The van der Waals surface area contributed by atoms with Crippen LogP contribution >= 0.6 is 11.6 Å². The van der Waals surface area contributed by atoms with Crippen molar-refractivity contribution in [1.29, 1.82) is 0 Å². The number of nitrogens with zero attached hydrogens (tertiary/aromatic N) is 3. The van der Waals surface area contributed by atoms with E-state index in [1.807, 2.05) is 0 Å². The van der Waals surface area contributed by atoms with E-state index in [1.54, 1.807) is 12.1 Å². The van der Waals surface area contributed by atoms with Crippen LogP contribution < -0.4 is 5.56 Å². The van der Waals surface area contributed by atoms with Crippen LogP contribution in [0, 0.1) is 5.82 Å². The quantitative estimate of drug-likeness (QED) is 0.801. The van der Waals surface area contributed by atoms with E-state index in [0.29, 0.717) is 23.7 Å². The smallest absolute Gasteiger partial charge is 0.279 e. The average Bonchev–Trinajstić information content (AvgIpc) is 2.93. The first-order chi connectivity index (χ1) is 11.1. The van der Waals surface area contributed by atoms with Crippen molar-refractivity contribution in [2.45, 2.75) is 31.6 Å². The molecular weight excluding hydrogens is 319 g/mol. The predicted octanol–water partition coefficient (Wildman–Crippen LogP) is 3.07. The molecule has 0 saturated heterocycles. The molecule has 23 heavy (non-hydrogen) atoms. The van der Waals surface area contributed by atoms with Gasteiger partial charge in [-0.25, -0.2) is 4.39 Å². The van der Waals surface area contributed by atoms with Crippen LogP contribution in [0.2, 0.25) is 5.02 Å². The van der Waals surface area contributed by atoms with E-state index in [4.69, 9.17) is 11.6 Å². The van der Waals surface area contributed by atoms with Crippen LogP contribution in [0.5, 0.6) is 0 Å². The molecule has 1 saturated carbocycles. The number of aromatic nitrogens is 4. The van der Waals surface area contributed by atoms with E-state index in [2.05, 4.69) is 15.1 Å². The van der Waals surface area contributed by atoms with Crippen molar-refractivity contribution in [2.75, 3.05) is 0 Å². The molecule has 0 atom stereocenters. The fraction of sp³-hybridized carbons (Fsp3) is 0.312. The minimum Gasteiger partial charge on any atom is -0.327 e. The van der Waals surface area contributed by atoms with Gasteiger partial charge in [-0.3, -0.25) is 4.79 Å². The summed E-state index contributed by atoms with van der Waals surface area (Å²) in [6.07, 6.45) is 5.01. The predicted molar refractivity (Wildman–Crippen MR) is 84.4 cm³/mol. The van der Waals surface area contributed by atoms with Crippen LogP contribution in [-0.2, 0) is 6.42 Å². The second-order valence-electron chi connectivity index (χ2n) is 5.87. The lowest BCUT2D eigenvalue weighted by molar-refractivity contribution is 0.408. The number of nitrogens with one attached hydrogen (secondary N) is 1. The molecule has 1 aromatic carbocycles. The Morgan fingerprint density at radius 2 is 2.22 bits per heavy atom. The third kappa shape index (κ3) is 2.43. The molecule has 118 valence electrons. The summed E-state index contributed by atoms with van der Waals surface area (Å²) in [5.74, 6) is 0.336. The first-order valence-electron chi connectivity index (χ1n) is 7.52. The van der Waals surface area contributed by atoms with Gasteiger partial charge in [0.1, 0.15) is 12.1 Å². The molecule has 0 bridgehead atoms. The average molecular weight is 333 g/mol. The molecule has 0 aliphatic heterocycles. The maximum absolute atomic E-state index is 13.3. The maximum atomic E-state index is 13.3. The summed E-state index contributed by atoms with van der Waals surface area (Å²) in [6, 6.07) is 4.53. The molecule has 2 heterocycles. The van der Waals surface area contributed by atoms with Crippen LogP contribution in [-0.4, -0.2) is 19.6 Å². The van der Waals surface area contributed by atoms with Gasteiger partial charge in [0.15, 0.2) is 0 Å². The Balaban J connectivity index is 1.84. The summed E-state index contributed by atoms with van der Waals surface area (Å²) in [6.45, 7) is 0. The van der Waals surface area contributed by atoms with Gasteiger partial charge in [-0.1, -0.05) is 24.1 Å². The van der Waals surface area contributed by atoms with E-state index in [-0.39, 0.29) is 10.6 Å². The third-order valence-electron chi connectivity index (χ3n) is 4.45. The summed E-state index contributed by atoms with van der Waals surface area (Å²) in [7, 11) is 0. The fourth-order valence-electron chi connectivity index (χ4n) is 2.98. The van der Waals surface area contributed by atoms with E-state index < -0.39 is 5.82 Å². The number of aromatic amines is 1. The number of benzene rings is 1. The monoisotopic (exact) mass is 332 g/mol. The van der Waals surface area contributed by atoms with Crippen molar-refractivity contribution in [3.63, 3.8) is 0 Å². The molecule has 5 nitrogen and oxygen atoms in total. The molecule has 0 unspecified atom stereocenters. The van der Waals surface area contributed by atoms with Gasteiger partial charge in [0, 0.05) is 17.7 Å². The number of hydrogen-bond donors (Lipinski definition) is 1. The summed E-state index contributed by atoms with van der Waals surface area (Å²) in [5.41, 5.74) is 2.18. The molecule has 1 aliphatic carbocycles. The highest BCUT2D eigenvalue weighted by molar-refractivity contribution is 6.30. The van der Waals surface area contributed by atoms with Gasteiger partial charge < -0.3 is 4.98 Å². The molecule has 4 rings (SSSR count). The molecule has 0 spiro atoms. The lowest BCUT2D eigenvalue weighted by Gasteiger charge is -2.27. The zero-order valence-corrected chi connectivity index (χ0v) is 13.0. The number of H-pyrrole nitrogens is 1. The number of hydrogen-bond acceptors (Lipinski definition) is 3. The molecule has 3 aromatic rings. The number of rotatable bonds is 3. The van der Waals surface area contributed by atoms with Gasteiger partial charge in [0.05, 0.1) is 5.02 Å². The maximum Gasteiger partial charge on any atom is 0.279 e. The minimum absolute atomic E-state index is 0.0611. The van der Waals surface area contributed by atoms with E-state index in [0.717, 1.165) is 30.5 Å². The van der Waals surface area contributed by atoms with Crippen molar-refractivity contribution < 1.29 is 4.39 Å². The molecule has 0 amide bonds. The van der Waals surface area contributed by atoms with Crippen molar-refractivity contribution in [2.24, 2.45) is 0 Å². The zero-order chi connectivity index (χ0) is 16.0. The SMILES string of the molecule is O=c1c(Cc2ccc(F)c(Cl)c2)c(C2CCC2)[nH]c2ncnn12. The van der Waals surface area contributed by atoms with Crippen molar-refractivity contribution in [3.8, 4) is 0 Å². The molecule has 1 N–H and O–H groups in total. The minimum atomic E-state index is -0.463. The Kier molecular flexibility index (Phi) is 3.41. The normalized spacial score (nSPS) is 15.0. The van der Waals surface area contributed by atoms with Crippen LogP contribution in [0.1, 0.15) is 42.0 Å². The van der Waals surface area contributed by atoms with Gasteiger partial charge in [0.25, 0.3) is 5.56 Å². The van der Waals surface area contributed by atoms with Gasteiger partial charge >= 0.3 is 0 Å². The van der Waals surface area contributed by atoms with E-state index in [1.165, 1.54) is 16.9 Å². The largest absolute Gasteiger partial charge is 0.327 e. The fourth-order valence-corrected chi connectivity index (χ4v) is 3.19. The molecular formula is C16H14ClFN4O. The van der Waals surface area contributed by atoms with E-state index >= 15 is 0 Å². The first-order valence-corrected chi connectivity index (χ1v) is 7.90. The van der Waals surface area contributed by atoms with Crippen LogP contribution in [0.15, 0.2) is 29.3 Å². The summed E-state index contributed by atoms with van der Waals surface area (Å²) >= 11 is 5.85. The second-order valence-corrected chi connectivity index (χ2v) is 6.28. The highest BCUT2D eigenvalue weighted by Gasteiger charge is 2.26. The Morgan fingerprint density at radius 1 is 1.39 bits per heavy atom. The van der Waals surface area contributed by atoms with Crippen LogP contribution in [0.4, 0.5) is 4.39 Å². The summed E-state index contributed by atoms with van der Waals surface area (Å²) < 4.78 is 14.6. The molecule has 7 heteroatoms. The summed E-state index contributed by atoms with van der Waals surface area (Å²) in [4.78, 5) is 20.1. The molecule has 1 aliphatic rings. The van der Waals surface area contributed by atoms with Gasteiger partial charge in [0.2, 0.25) is 5.78 Å². The second kappa shape index (κ2) is 5.45. The Morgan fingerprint density at radius 3 is 2.91 bits per heavy atom. The standard InChI is InChI=1S/C16H14ClFN4O/c17-12-7-9(4-5-13(12)18)6-11-14(10-2-1-3-10)21-16-19-8-20-22(16)15(11)23/h4-5,7-8,10H,1-3,6H2,(H,19,20,21). The van der Waals surface area contributed by atoms with Crippen LogP contribution in [0.25, 0.3) is 5.78 Å². The molecule has 2 aromatic heterocycles. The van der Waals surface area contributed by atoms with Gasteiger partial charge in [-0.05, 0) is 36.5 Å². The Bertz CT molecular complexity index is 945. The number of halogens is 2. The molecule has 0 radical (unpaired) electrons. The van der Waals surface area contributed by atoms with Gasteiger partial charge in [-0.15, -0.1) is 0 Å². The topological polar surface area (TPSA) is 63.0 Å². The Hall–Kier alpha value is -2.21. The highest BCUT2D eigenvalue weighted by Crippen LogP contribution is 2.36. The lowest BCUT2D eigenvalue weighted by atomic mass is 9.80. The highest BCUT2D eigenvalue weighted by atomic mass is 35.5. The van der Waals surface area contributed by atoms with Crippen molar-refractivity contribution in [1.82, 2.24) is 19.6 Å². The number of fused-ring (bicyclic) bond motifs is 1. The Labute approximate surface area is 136 Å². The first kappa shape index (κ1) is 14.4. The summed E-state index contributed by atoms with van der Waals surface area (Å²) in [5, 5.41) is 4.03. The van der Waals surface area contributed by atoms with Crippen molar-refractivity contribution >= 4 is 17.4 Å². The van der Waals surface area contributed by atoms with E-state index in [9.17, 15) is 9.18 Å². The van der Waals surface area contributed by atoms with Gasteiger partial charge in [-0.2, -0.15) is 14.6 Å².